The van der Waals surface area contributed by atoms with E-state index in [2.05, 4.69) is 51.0 Å². The van der Waals surface area contributed by atoms with Gasteiger partial charge in [-0.05, 0) is 12.5 Å². The Bertz CT molecular complexity index is 666. The van der Waals surface area contributed by atoms with E-state index in [4.69, 9.17) is 10.8 Å². The molecule has 0 spiro atoms. The number of rotatable bonds is 5. The highest BCUT2D eigenvalue weighted by molar-refractivity contribution is 5.51. The lowest BCUT2D eigenvalue weighted by molar-refractivity contribution is 0.188. The van der Waals surface area contributed by atoms with E-state index >= 15 is 0 Å². The average molecular weight is 327 g/mol. The summed E-state index contributed by atoms with van der Waals surface area (Å²) in [5, 5.41) is 9.07. The summed E-state index contributed by atoms with van der Waals surface area (Å²) in [5.41, 5.74) is 9.43. The maximum Gasteiger partial charge on any atom is 0.221 e. The molecular formula is C18H25N5O. The second-order valence-corrected chi connectivity index (χ2v) is 6.29. The number of aryl methyl sites for hydroxylation is 1. The van der Waals surface area contributed by atoms with Crippen molar-refractivity contribution in [2.75, 3.05) is 50.0 Å². The minimum atomic E-state index is 0.207. The molecular weight excluding hydrogens is 302 g/mol. The van der Waals surface area contributed by atoms with Gasteiger partial charge in [0.25, 0.3) is 0 Å². The third-order valence-corrected chi connectivity index (χ3v) is 4.46. The van der Waals surface area contributed by atoms with Gasteiger partial charge in [-0.15, -0.1) is 0 Å². The van der Waals surface area contributed by atoms with Crippen molar-refractivity contribution in [2.24, 2.45) is 0 Å². The minimum Gasteiger partial charge on any atom is -0.395 e. The molecule has 0 unspecified atom stereocenters. The van der Waals surface area contributed by atoms with Crippen molar-refractivity contribution in [3.05, 3.63) is 47.2 Å². The SMILES string of the molecule is Cc1ccc(Cc2cnc(N)nc2N2CCN(CCO)CC2)cc1. The number of piperazine rings is 1. The minimum absolute atomic E-state index is 0.207. The molecule has 3 rings (SSSR count). The molecule has 0 bridgehead atoms. The van der Waals surface area contributed by atoms with Crippen molar-refractivity contribution in [3.63, 3.8) is 0 Å². The number of hydrogen-bond acceptors (Lipinski definition) is 6. The molecule has 1 aliphatic heterocycles. The number of nitrogens with zero attached hydrogens (tertiary/aromatic N) is 4. The average Bonchev–Trinajstić information content (AvgIpc) is 2.59. The van der Waals surface area contributed by atoms with E-state index in [-0.39, 0.29) is 6.61 Å². The summed E-state index contributed by atoms with van der Waals surface area (Å²) in [7, 11) is 0. The van der Waals surface area contributed by atoms with E-state index in [1.54, 1.807) is 0 Å². The van der Waals surface area contributed by atoms with Gasteiger partial charge in [0.1, 0.15) is 5.82 Å². The van der Waals surface area contributed by atoms with E-state index in [0.717, 1.165) is 50.5 Å². The van der Waals surface area contributed by atoms with Gasteiger partial charge < -0.3 is 15.7 Å². The molecule has 2 heterocycles. The quantitative estimate of drug-likeness (QED) is 0.855. The summed E-state index contributed by atoms with van der Waals surface area (Å²) in [6, 6.07) is 8.55. The monoisotopic (exact) mass is 327 g/mol. The van der Waals surface area contributed by atoms with Crippen molar-refractivity contribution < 1.29 is 5.11 Å². The third-order valence-electron chi connectivity index (χ3n) is 4.46. The van der Waals surface area contributed by atoms with Gasteiger partial charge in [-0.25, -0.2) is 4.98 Å². The van der Waals surface area contributed by atoms with Gasteiger partial charge in [0.2, 0.25) is 5.95 Å². The predicted molar refractivity (Wildman–Crippen MR) is 96.2 cm³/mol. The lowest BCUT2D eigenvalue weighted by Gasteiger charge is -2.35. The Hall–Kier alpha value is -2.18. The molecule has 0 radical (unpaired) electrons. The molecule has 1 fully saturated rings. The first-order chi connectivity index (χ1) is 11.7. The van der Waals surface area contributed by atoms with Crippen molar-refractivity contribution in [3.8, 4) is 0 Å². The molecule has 0 aliphatic carbocycles. The largest absolute Gasteiger partial charge is 0.395 e. The van der Waals surface area contributed by atoms with Crippen molar-refractivity contribution in [2.45, 2.75) is 13.3 Å². The predicted octanol–water partition coefficient (Wildman–Crippen LogP) is 1.07. The number of aromatic nitrogens is 2. The number of nitrogens with two attached hydrogens (primary N) is 1. The van der Waals surface area contributed by atoms with Gasteiger partial charge >= 0.3 is 0 Å². The Labute approximate surface area is 142 Å². The first-order valence-electron chi connectivity index (χ1n) is 8.41. The molecule has 3 N–H and O–H groups in total. The maximum absolute atomic E-state index is 9.07. The van der Waals surface area contributed by atoms with Crippen LogP contribution in [0.4, 0.5) is 11.8 Å². The van der Waals surface area contributed by atoms with E-state index in [9.17, 15) is 0 Å². The van der Waals surface area contributed by atoms with Crippen LogP contribution in [-0.2, 0) is 6.42 Å². The molecule has 0 amide bonds. The van der Waals surface area contributed by atoms with Crippen LogP contribution in [0.1, 0.15) is 16.7 Å². The Kier molecular flexibility index (Phi) is 5.27. The van der Waals surface area contributed by atoms with E-state index in [1.165, 1.54) is 11.1 Å². The zero-order valence-corrected chi connectivity index (χ0v) is 14.1. The van der Waals surface area contributed by atoms with Gasteiger partial charge in [-0.3, -0.25) is 4.90 Å². The summed E-state index contributed by atoms with van der Waals surface area (Å²) < 4.78 is 0. The van der Waals surface area contributed by atoms with Crippen LogP contribution in [0.5, 0.6) is 0 Å². The van der Waals surface area contributed by atoms with Crippen LogP contribution in [-0.4, -0.2) is 59.3 Å². The molecule has 128 valence electrons. The fraction of sp³-hybridized carbons (Fsp3) is 0.444. The molecule has 0 saturated carbocycles. The number of anilines is 2. The molecule has 2 aromatic rings. The summed E-state index contributed by atoms with van der Waals surface area (Å²) >= 11 is 0. The fourth-order valence-electron chi connectivity index (χ4n) is 3.06. The number of hydrogen-bond donors (Lipinski definition) is 2. The van der Waals surface area contributed by atoms with Gasteiger partial charge in [0, 0.05) is 50.9 Å². The van der Waals surface area contributed by atoms with Crippen LogP contribution in [0.15, 0.2) is 30.5 Å². The first kappa shape index (κ1) is 16.7. The van der Waals surface area contributed by atoms with Crippen LogP contribution in [0.25, 0.3) is 0 Å². The lowest BCUT2D eigenvalue weighted by atomic mass is 10.0. The third kappa shape index (κ3) is 4.01. The molecule has 1 saturated heterocycles. The summed E-state index contributed by atoms with van der Waals surface area (Å²) in [5.74, 6) is 1.25. The Balaban J connectivity index is 1.77. The van der Waals surface area contributed by atoms with Gasteiger partial charge in [0.05, 0.1) is 6.61 Å². The highest BCUT2D eigenvalue weighted by Crippen LogP contribution is 2.23. The van der Waals surface area contributed by atoms with Gasteiger partial charge in [-0.1, -0.05) is 29.8 Å². The smallest absolute Gasteiger partial charge is 0.221 e. The van der Waals surface area contributed by atoms with Crippen molar-refractivity contribution >= 4 is 11.8 Å². The summed E-state index contributed by atoms with van der Waals surface area (Å²) in [6.07, 6.45) is 2.64. The molecule has 24 heavy (non-hydrogen) atoms. The molecule has 1 aromatic heterocycles. The lowest BCUT2D eigenvalue weighted by Crippen LogP contribution is -2.47. The summed E-state index contributed by atoms with van der Waals surface area (Å²) in [4.78, 5) is 13.2. The first-order valence-corrected chi connectivity index (χ1v) is 8.41. The van der Waals surface area contributed by atoms with Crippen LogP contribution in [0, 0.1) is 6.92 Å². The molecule has 6 heteroatoms. The van der Waals surface area contributed by atoms with Crippen molar-refractivity contribution in [1.29, 1.82) is 0 Å². The second-order valence-electron chi connectivity index (χ2n) is 6.29. The highest BCUT2D eigenvalue weighted by Gasteiger charge is 2.20. The summed E-state index contributed by atoms with van der Waals surface area (Å²) in [6.45, 7) is 6.65. The van der Waals surface area contributed by atoms with E-state index < -0.39 is 0 Å². The topological polar surface area (TPSA) is 78.5 Å². The molecule has 1 aliphatic rings. The van der Waals surface area contributed by atoms with Gasteiger partial charge in [0.15, 0.2) is 0 Å². The zero-order valence-electron chi connectivity index (χ0n) is 14.1. The normalized spacial score (nSPS) is 15.7. The van der Waals surface area contributed by atoms with Crippen LogP contribution in [0.2, 0.25) is 0 Å². The standard InChI is InChI=1S/C18H25N5O/c1-14-2-4-15(5-3-14)12-16-13-20-18(19)21-17(16)23-8-6-22(7-9-23)10-11-24/h2-5,13,24H,6-12H2,1H3,(H2,19,20,21). The van der Waals surface area contributed by atoms with E-state index in [1.807, 2.05) is 6.20 Å². The Morgan fingerprint density at radius 2 is 1.83 bits per heavy atom. The molecule has 1 aromatic carbocycles. The zero-order chi connectivity index (χ0) is 16.9. The number of nitrogen functional groups attached to an aromatic ring is 1. The number of aliphatic hydroxyl groups is 1. The van der Waals surface area contributed by atoms with Gasteiger partial charge in [-0.2, -0.15) is 4.98 Å². The van der Waals surface area contributed by atoms with Crippen LogP contribution in [0.3, 0.4) is 0 Å². The number of β-amino-alcohol motifs (C(OH)–C–C–N with tert-alkyl or cyclic N) is 1. The second kappa shape index (κ2) is 7.59. The number of benzene rings is 1. The molecule has 0 atom stereocenters. The Morgan fingerprint density at radius 1 is 1.12 bits per heavy atom. The van der Waals surface area contributed by atoms with E-state index in [0.29, 0.717) is 5.95 Å². The molecule has 6 nitrogen and oxygen atoms in total. The number of aliphatic hydroxyl groups excluding tert-OH is 1. The highest BCUT2D eigenvalue weighted by atomic mass is 16.3. The van der Waals surface area contributed by atoms with Crippen molar-refractivity contribution in [1.82, 2.24) is 14.9 Å². The fourth-order valence-corrected chi connectivity index (χ4v) is 3.06. The Morgan fingerprint density at radius 3 is 2.50 bits per heavy atom. The maximum atomic E-state index is 9.07. The van der Waals surface area contributed by atoms with Crippen LogP contribution < -0.4 is 10.6 Å². The van der Waals surface area contributed by atoms with Crippen LogP contribution >= 0.6 is 0 Å².